The lowest BCUT2D eigenvalue weighted by Gasteiger charge is -2.14. The molecule has 0 bridgehead atoms. The Morgan fingerprint density at radius 2 is 0.855 bits per heavy atom. The van der Waals surface area contributed by atoms with Crippen molar-refractivity contribution in [3.05, 3.63) is 231 Å². The van der Waals surface area contributed by atoms with Crippen molar-refractivity contribution >= 4 is 65.8 Å². The van der Waals surface area contributed by atoms with Crippen LogP contribution in [0.25, 0.3) is 133 Å². The second kappa shape index (κ2) is 15.6. The number of furan rings is 1. The summed E-state index contributed by atoms with van der Waals surface area (Å²) >= 11 is 0. The molecule has 0 amide bonds. The molecule has 14 aromatic rings. The lowest BCUT2D eigenvalue weighted by Crippen LogP contribution is -1.97. The van der Waals surface area contributed by atoms with Crippen molar-refractivity contribution in [3.63, 3.8) is 0 Å². The second-order valence-corrected chi connectivity index (χ2v) is 17.4. The molecule has 0 spiro atoms. The number of rotatable bonds is 7. The van der Waals surface area contributed by atoms with Gasteiger partial charge in [0.1, 0.15) is 11.2 Å². The second-order valence-electron chi connectivity index (χ2n) is 17.4. The fourth-order valence-corrected chi connectivity index (χ4v) is 10.5. The van der Waals surface area contributed by atoms with Crippen LogP contribution in [0.2, 0.25) is 0 Å². The zero-order valence-electron chi connectivity index (χ0n) is 37.0. The molecule has 0 saturated carbocycles. The highest BCUT2D eigenvalue weighted by Gasteiger charge is 2.22. The van der Waals surface area contributed by atoms with E-state index >= 15 is 0 Å². The van der Waals surface area contributed by atoms with E-state index in [1.807, 2.05) is 61.2 Å². The topological polar surface area (TPSA) is 74.6 Å². The van der Waals surface area contributed by atoms with Crippen LogP contribution in [0.4, 0.5) is 0 Å². The average Bonchev–Trinajstić information content (AvgIpc) is 4.08. The molecule has 322 valence electrons. The van der Waals surface area contributed by atoms with Crippen LogP contribution < -0.4 is 0 Å². The van der Waals surface area contributed by atoms with Crippen LogP contribution in [-0.4, -0.2) is 29.1 Å². The Kier molecular flexibility index (Phi) is 8.75. The molecule has 0 aliphatic rings. The molecule has 7 aromatic heterocycles. The van der Waals surface area contributed by atoms with Crippen LogP contribution in [0, 0.1) is 0 Å². The van der Waals surface area contributed by atoms with Gasteiger partial charge in [-0.2, -0.15) is 0 Å². The standard InChI is InChI=1S/C62H38N6O/c1-3-16-44(52-21-7-9-32-63-52)42(14-1)39-26-29-55-50(36-39)60-57(24-12-34-65-60)67(55)41-28-31-59-49(38-41)48-20-11-19-47(62(48)69-59)46-18-5-6-23-54(46)68-56-30-27-40(37-51(56)61-58(68)25-13-35-66-61)43-15-2-4-17-45(43)53-22-8-10-33-64-53/h1-38H. The number of fused-ring (bicyclic) bond motifs is 9. The molecule has 14 rings (SSSR count). The number of hydrogen-bond donors (Lipinski definition) is 0. The van der Waals surface area contributed by atoms with Crippen molar-refractivity contribution in [2.45, 2.75) is 0 Å². The van der Waals surface area contributed by atoms with E-state index in [1.54, 1.807) is 0 Å². The fourth-order valence-electron chi connectivity index (χ4n) is 10.5. The number of benzene rings is 7. The van der Waals surface area contributed by atoms with Gasteiger partial charge in [0.15, 0.2) is 0 Å². The molecule has 0 saturated heterocycles. The van der Waals surface area contributed by atoms with Gasteiger partial charge in [-0.3, -0.25) is 19.9 Å². The van der Waals surface area contributed by atoms with Gasteiger partial charge in [0, 0.05) is 74.3 Å². The molecule has 7 heterocycles. The first-order valence-electron chi connectivity index (χ1n) is 23.1. The average molecular weight is 883 g/mol. The summed E-state index contributed by atoms with van der Waals surface area (Å²) in [6, 6.07) is 72.4. The van der Waals surface area contributed by atoms with Crippen molar-refractivity contribution in [1.29, 1.82) is 0 Å². The first kappa shape index (κ1) is 38.8. The van der Waals surface area contributed by atoms with Crippen LogP contribution in [0.5, 0.6) is 0 Å². The highest BCUT2D eigenvalue weighted by atomic mass is 16.3. The molecule has 0 fully saturated rings. The number of para-hydroxylation sites is 2. The molecular formula is C62H38N6O. The van der Waals surface area contributed by atoms with Gasteiger partial charge in [-0.05, 0) is 119 Å². The molecule has 7 nitrogen and oxygen atoms in total. The Balaban J connectivity index is 0.901. The number of hydrogen-bond acceptors (Lipinski definition) is 5. The van der Waals surface area contributed by atoms with Crippen LogP contribution in [0.3, 0.4) is 0 Å². The SMILES string of the molecule is c1ccc(-c2ccccc2-c2ccc3c(c2)c2ncccc2n3-c2ccc3oc4c(-c5ccccc5-n5c6ccc(-c7ccccc7-c7ccccn7)cc6c6ncccc65)cccc4c3c2)nc1. The first-order valence-corrected chi connectivity index (χ1v) is 23.1. The number of aromatic nitrogens is 6. The van der Waals surface area contributed by atoms with Gasteiger partial charge in [-0.15, -0.1) is 0 Å². The minimum atomic E-state index is 0.825. The van der Waals surface area contributed by atoms with E-state index in [0.717, 1.165) is 133 Å². The van der Waals surface area contributed by atoms with E-state index in [9.17, 15) is 0 Å². The van der Waals surface area contributed by atoms with E-state index in [4.69, 9.17) is 19.4 Å². The first-order chi connectivity index (χ1) is 34.2. The molecular weight excluding hydrogens is 845 g/mol. The molecule has 0 unspecified atom stereocenters. The third-order valence-electron chi connectivity index (χ3n) is 13.6. The molecule has 69 heavy (non-hydrogen) atoms. The van der Waals surface area contributed by atoms with E-state index in [0.29, 0.717) is 0 Å². The van der Waals surface area contributed by atoms with Crippen LogP contribution in [-0.2, 0) is 0 Å². The number of pyridine rings is 4. The summed E-state index contributed by atoms with van der Waals surface area (Å²) in [5.41, 5.74) is 20.5. The third-order valence-corrected chi connectivity index (χ3v) is 13.6. The van der Waals surface area contributed by atoms with Crippen LogP contribution in [0.15, 0.2) is 235 Å². The van der Waals surface area contributed by atoms with Gasteiger partial charge >= 0.3 is 0 Å². The van der Waals surface area contributed by atoms with E-state index < -0.39 is 0 Å². The minimum absolute atomic E-state index is 0.825. The molecule has 0 atom stereocenters. The van der Waals surface area contributed by atoms with Gasteiger partial charge in [-0.1, -0.05) is 109 Å². The fraction of sp³-hybridized carbons (Fsp3) is 0. The lowest BCUT2D eigenvalue weighted by molar-refractivity contribution is 0.670. The van der Waals surface area contributed by atoms with Crippen molar-refractivity contribution in [2.24, 2.45) is 0 Å². The summed E-state index contributed by atoms with van der Waals surface area (Å²) in [7, 11) is 0. The predicted octanol–water partition coefficient (Wildman–Crippen LogP) is 15.7. The quantitative estimate of drug-likeness (QED) is 0.159. The monoisotopic (exact) mass is 882 g/mol. The maximum atomic E-state index is 6.90. The Bertz CT molecular complexity index is 4320. The smallest absolute Gasteiger partial charge is 0.143 e. The van der Waals surface area contributed by atoms with Crippen molar-refractivity contribution in [3.8, 4) is 67.3 Å². The summed E-state index contributed by atoms with van der Waals surface area (Å²) in [6.45, 7) is 0. The maximum absolute atomic E-state index is 6.90. The predicted molar refractivity (Wildman–Crippen MR) is 281 cm³/mol. The van der Waals surface area contributed by atoms with Gasteiger partial charge in [0.05, 0.1) is 50.2 Å². The lowest BCUT2D eigenvalue weighted by atomic mass is 9.96. The normalized spacial score (nSPS) is 11.8. The Labute approximate surface area is 395 Å². The number of nitrogens with zero attached hydrogens (tertiary/aromatic N) is 6. The van der Waals surface area contributed by atoms with Gasteiger partial charge in [0.25, 0.3) is 0 Å². The van der Waals surface area contributed by atoms with Crippen molar-refractivity contribution in [1.82, 2.24) is 29.1 Å². The van der Waals surface area contributed by atoms with Gasteiger partial charge in [0.2, 0.25) is 0 Å². The Morgan fingerprint density at radius 3 is 1.48 bits per heavy atom. The molecule has 0 radical (unpaired) electrons. The largest absolute Gasteiger partial charge is 0.455 e. The zero-order valence-corrected chi connectivity index (χ0v) is 37.0. The molecule has 7 heteroatoms. The molecule has 0 N–H and O–H groups in total. The van der Waals surface area contributed by atoms with Crippen LogP contribution >= 0.6 is 0 Å². The van der Waals surface area contributed by atoms with E-state index in [-0.39, 0.29) is 0 Å². The van der Waals surface area contributed by atoms with E-state index in [1.165, 1.54) is 0 Å². The van der Waals surface area contributed by atoms with Gasteiger partial charge < -0.3 is 13.6 Å². The zero-order chi connectivity index (χ0) is 45.4. The van der Waals surface area contributed by atoms with Crippen molar-refractivity contribution in [2.75, 3.05) is 0 Å². The summed E-state index contributed by atoms with van der Waals surface area (Å²) < 4.78 is 11.6. The summed E-state index contributed by atoms with van der Waals surface area (Å²) in [4.78, 5) is 19.3. The van der Waals surface area contributed by atoms with Crippen molar-refractivity contribution < 1.29 is 4.42 Å². The molecule has 7 aromatic carbocycles. The summed E-state index contributed by atoms with van der Waals surface area (Å²) in [6.07, 6.45) is 7.45. The summed E-state index contributed by atoms with van der Waals surface area (Å²) in [5.74, 6) is 0. The van der Waals surface area contributed by atoms with E-state index in [2.05, 4.69) is 184 Å². The molecule has 0 aliphatic heterocycles. The Hall–Kier alpha value is -9.46. The highest BCUT2D eigenvalue weighted by molar-refractivity contribution is 6.14. The van der Waals surface area contributed by atoms with Crippen LogP contribution in [0.1, 0.15) is 0 Å². The Morgan fingerprint density at radius 1 is 0.319 bits per heavy atom. The highest BCUT2D eigenvalue weighted by Crippen LogP contribution is 2.43. The minimum Gasteiger partial charge on any atom is -0.455 e. The molecule has 0 aliphatic carbocycles. The van der Waals surface area contributed by atoms with Gasteiger partial charge in [-0.25, -0.2) is 0 Å². The summed E-state index contributed by atoms with van der Waals surface area (Å²) in [5, 5.41) is 4.25. The third kappa shape index (κ3) is 6.14. The maximum Gasteiger partial charge on any atom is 0.143 e.